The number of hydrogen-bond acceptors (Lipinski definition) is 5. The van der Waals surface area contributed by atoms with Gasteiger partial charge in [-0.15, -0.1) is 0 Å². The molecule has 3 N–H and O–H groups in total. The van der Waals surface area contributed by atoms with Crippen LogP contribution < -0.4 is 5.32 Å². The molecule has 0 bridgehead atoms. The molecule has 1 amide bonds. The zero-order chi connectivity index (χ0) is 15.8. The minimum atomic E-state index is -0.322. The lowest BCUT2D eigenvalue weighted by atomic mass is 10.1. The molecule has 1 aliphatic heterocycles. The number of imidazole rings is 1. The summed E-state index contributed by atoms with van der Waals surface area (Å²) in [5, 5.41) is 2.82. The molecule has 1 fully saturated rings. The molecule has 8 heteroatoms. The number of nitrogens with zero attached hydrogens (tertiary/aromatic N) is 1. The third kappa shape index (κ3) is 2.66. The molecule has 1 saturated heterocycles. The Labute approximate surface area is 136 Å². The summed E-state index contributed by atoms with van der Waals surface area (Å²) in [4.78, 5) is 22.5. The van der Waals surface area contributed by atoms with Gasteiger partial charge in [-0.05, 0) is 43.3 Å². The number of carbonyl (C=O) groups excluding carboxylic acids is 1. The lowest BCUT2D eigenvalue weighted by Crippen LogP contribution is -2.15. The van der Waals surface area contributed by atoms with Crippen molar-refractivity contribution in [3.8, 4) is 0 Å². The number of rotatable bonds is 3. The van der Waals surface area contributed by atoms with E-state index < -0.39 is 0 Å². The second-order valence-corrected chi connectivity index (χ2v) is 5.77. The van der Waals surface area contributed by atoms with E-state index in [4.69, 9.17) is 21.4 Å². The van der Waals surface area contributed by atoms with Crippen LogP contribution in [0.4, 0.5) is 5.69 Å². The van der Waals surface area contributed by atoms with Gasteiger partial charge >= 0.3 is 0 Å². The number of aromatic amines is 2. The molecule has 1 aliphatic rings. The summed E-state index contributed by atoms with van der Waals surface area (Å²) in [7, 11) is 0. The standard InChI is InChI=1S/C15H14N4O3S/c20-14(12-13(22-7-16-12)11-2-1-5-21-11)17-8-3-4-9-10(6-8)19-15(23)18-9/h3-4,6-7,11H,1-2,5H2,(H,17,20)(H2,18,19,23)/t11-/m0/s1. The van der Waals surface area contributed by atoms with Gasteiger partial charge in [0.1, 0.15) is 6.10 Å². The highest BCUT2D eigenvalue weighted by molar-refractivity contribution is 7.71. The van der Waals surface area contributed by atoms with Gasteiger partial charge in [-0.2, -0.15) is 0 Å². The lowest BCUT2D eigenvalue weighted by Gasteiger charge is -2.08. The van der Waals surface area contributed by atoms with E-state index in [1.54, 1.807) is 6.07 Å². The van der Waals surface area contributed by atoms with Crippen LogP contribution in [0.5, 0.6) is 0 Å². The smallest absolute Gasteiger partial charge is 0.278 e. The molecule has 118 valence electrons. The van der Waals surface area contributed by atoms with Gasteiger partial charge in [0.15, 0.2) is 22.6 Å². The first-order valence-corrected chi connectivity index (χ1v) is 7.70. The molecule has 0 spiro atoms. The van der Waals surface area contributed by atoms with Crippen LogP contribution in [-0.2, 0) is 4.74 Å². The third-order valence-electron chi connectivity index (χ3n) is 3.81. The third-order valence-corrected chi connectivity index (χ3v) is 4.01. The van der Waals surface area contributed by atoms with Crippen LogP contribution in [0.2, 0.25) is 0 Å². The lowest BCUT2D eigenvalue weighted by molar-refractivity contribution is 0.0889. The molecule has 4 rings (SSSR count). The molecule has 0 unspecified atom stereocenters. The first-order valence-electron chi connectivity index (χ1n) is 7.29. The number of H-pyrrole nitrogens is 2. The highest BCUT2D eigenvalue weighted by Gasteiger charge is 2.28. The fraction of sp³-hybridized carbons (Fsp3) is 0.267. The Kier molecular flexibility index (Phi) is 3.47. The SMILES string of the molecule is O=C(Nc1ccc2[nH]c(=S)[nH]c2c1)c1ncoc1[C@@H]1CCCO1. The summed E-state index contributed by atoms with van der Waals surface area (Å²) in [5.74, 6) is 0.167. The van der Waals surface area contributed by atoms with E-state index in [1.165, 1.54) is 6.39 Å². The van der Waals surface area contributed by atoms with Crippen molar-refractivity contribution in [3.63, 3.8) is 0 Å². The minimum absolute atomic E-state index is 0.193. The molecule has 3 aromatic rings. The summed E-state index contributed by atoms with van der Waals surface area (Å²) in [6, 6.07) is 5.46. The van der Waals surface area contributed by atoms with Crippen molar-refractivity contribution in [2.75, 3.05) is 11.9 Å². The van der Waals surface area contributed by atoms with Gasteiger partial charge in [-0.25, -0.2) is 4.98 Å². The van der Waals surface area contributed by atoms with Crippen molar-refractivity contribution >= 4 is 34.8 Å². The molecule has 7 nitrogen and oxygen atoms in total. The number of ether oxygens (including phenoxy) is 1. The molecule has 1 atom stereocenters. The Morgan fingerprint density at radius 2 is 2.22 bits per heavy atom. The van der Waals surface area contributed by atoms with Crippen molar-refractivity contribution in [2.24, 2.45) is 0 Å². The second kappa shape index (κ2) is 5.64. The Bertz CT molecular complexity index is 920. The highest BCUT2D eigenvalue weighted by Crippen LogP contribution is 2.30. The molecule has 3 heterocycles. The molecule has 2 aromatic heterocycles. The molecule has 0 saturated carbocycles. The summed E-state index contributed by atoms with van der Waals surface area (Å²) >= 11 is 5.05. The van der Waals surface area contributed by atoms with Gasteiger partial charge in [-0.1, -0.05) is 0 Å². The maximum absolute atomic E-state index is 12.5. The van der Waals surface area contributed by atoms with Gasteiger partial charge in [0.2, 0.25) is 0 Å². The second-order valence-electron chi connectivity index (χ2n) is 5.36. The maximum atomic E-state index is 12.5. The van der Waals surface area contributed by atoms with Crippen molar-refractivity contribution in [3.05, 3.63) is 40.8 Å². The van der Waals surface area contributed by atoms with Crippen molar-refractivity contribution < 1.29 is 13.9 Å². The predicted octanol–water partition coefficient (Wildman–Crippen LogP) is 3.32. The molecular weight excluding hydrogens is 316 g/mol. The summed E-state index contributed by atoms with van der Waals surface area (Å²) < 4.78 is 11.5. The first-order chi connectivity index (χ1) is 11.2. The van der Waals surface area contributed by atoms with Gasteiger partial charge in [-0.3, -0.25) is 4.79 Å². The number of anilines is 1. The Morgan fingerprint density at radius 1 is 1.35 bits per heavy atom. The summed E-state index contributed by atoms with van der Waals surface area (Å²) in [6.45, 7) is 0.676. The molecule has 1 aromatic carbocycles. The van der Waals surface area contributed by atoms with E-state index in [-0.39, 0.29) is 17.7 Å². The maximum Gasteiger partial charge on any atom is 0.278 e. The Hall–Kier alpha value is -2.45. The summed E-state index contributed by atoms with van der Waals surface area (Å²) in [6.07, 6.45) is 2.87. The number of oxazole rings is 1. The monoisotopic (exact) mass is 330 g/mol. The number of fused-ring (bicyclic) bond motifs is 1. The van der Waals surface area contributed by atoms with E-state index in [9.17, 15) is 4.79 Å². The predicted molar refractivity (Wildman–Crippen MR) is 85.9 cm³/mol. The normalized spacial score (nSPS) is 17.7. The minimum Gasteiger partial charge on any atom is -0.445 e. The average Bonchev–Trinajstić information content (AvgIpc) is 3.25. The number of hydrogen-bond donors (Lipinski definition) is 3. The van der Waals surface area contributed by atoms with E-state index in [2.05, 4.69) is 20.3 Å². The van der Waals surface area contributed by atoms with Gasteiger partial charge < -0.3 is 24.4 Å². The van der Waals surface area contributed by atoms with Crippen LogP contribution in [-0.4, -0.2) is 27.5 Å². The fourth-order valence-corrected chi connectivity index (χ4v) is 2.96. The quantitative estimate of drug-likeness (QED) is 0.640. The largest absolute Gasteiger partial charge is 0.445 e. The summed E-state index contributed by atoms with van der Waals surface area (Å²) in [5.41, 5.74) is 2.62. The van der Waals surface area contributed by atoms with Crippen molar-refractivity contribution in [2.45, 2.75) is 18.9 Å². The van der Waals surface area contributed by atoms with E-state index in [1.807, 2.05) is 12.1 Å². The zero-order valence-corrected chi connectivity index (χ0v) is 12.9. The molecular formula is C15H14N4O3S. The first kappa shape index (κ1) is 14.2. The number of carbonyl (C=O) groups is 1. The van der Waals surface area contributed by atoms with Crippen molar-refractivity contribution in [1.82, 2.24) is 15.0 Å². The van der Waals surface area contributed by atoms with Gasteiger partial charge in [0, 0.05) is 12.3 Å². The van der Waals surface area contributed by atoms with Crippen LogP contribution >= 0.6 is 12.2 Å². The molecule has 23 heavy (non-hydrogen) atoms. The molecule has 0 radical (unpaired) electrons. The number of nitrogens with one attached hydrogen (secondary N) is 3. The van der Waals surface area contributed by atoms with E-state index >= 15 is 0 Å². The zero-order valence-electron chi connectivity index (χ0n) is 12.1. The van der Waals surface area contributed by atoms with Crippen LogP contribution in [0.15, 0.2) is 29.0 Å². The Balaban J connectivity index is 1.59. The van der Waals surface area contributed by atoms with Crippen LogP contribution in [0.25, 0.3) is 11.0 Å². The Morgan fingerprint density at radius 3 is 3.04 bits per heavy atom. The van der Waals surface area contributed by atoms with Crippen LogP contribution in [0.1, 0.15) is 35.2 Å². The highest BCUT2D eigenvalue weighted by atomic mass is 32.1. The topological polar surface area (TPSA) is 95.9 Å². The number of amides is 1. The van der Waals surface area contributed by atoms with Crippen LogP contribution in [0, 0.1) is 4.77 Å². The van der Waals surface area contributed by atoms with Crippen molar-refractivity contribution in [1.29, 1.82) is 0 Å². The number of benzene rings is 1. The fourth-order valence-electron chi connectivity index (χ4n) is 2.74. The average molecular weight is 330 g/mol. The van der Waals surface area contributed by atoms with Gasteiger partial charge in [0.25, 0.3) is 5.91 Å². The molecule has 0 aliphatic carbocycles. The van der Waals surface area contributed by atoms with E-state index in [0.717, 1.165) is 23.9 Å². The van der Waals surface area contributed by atoms with Gasteiger partial charge in [0.05, 0.1) is 11.0 Å². The van der Waals surface area contributed by atoms with Crippen LogP contribution in [0.3, 0.4) is 0 Å². The van der Waals surface area contributed by atoms with E-state index in [0.29, 0.717) is 22.8 Å². The number of aromatic nitrogens is 3.